The molecule has 1 N–H and O–H groups in total. The minimum absolute atomic E-state index is 0.00352. The molecule has 0 radical (unpaired) electrons. The van der Waals surface area contributed by atoms with E-state index in [1.165, 1.54) is 0 Å². The zero-order valence-electron chi connectivity index (χ0n) is 12.6. The third kappa shape index (κ3) is 4.19. The molecule has 0 aromatic heterocycles. The molecule has 1 spiro atoms. The first kappa shape index (κ1) is 14.8. The van der Waals surface area contributed by atoms with E-state index in [0.29, 0.717) is 6.04 Å². The summed E-state index contributed by atoms with van der Waals surface area (Å²) in [7, 11) is 0. The first-order chi connectivity index (χ1) is 10.4. The lowest BCUT2D eigenvalue weighted by molar-refractivity contribution is -0.0892. The molecule has 2 aliphatic rings. The molecule has 2 heterocycles. The number of rotatable bonds is 6. The topological polar surface area (TPSA) is 39.7 Å². The van der Waals surface area contributed by atoms with Crippen molar-refractivity contribution in [2.45, 2.75) is 37.3 Å². The fourth-order valence-corrected chi connectivity index (χ4v) is 3.15. The summed E-state index contributed by atoms with van der Waals surface area (Å²) in [4.78, 5) is 0. The molecule has 0 saturated carbocycles. The van der Waals surface area contributed by atoms with Gasteiger partial charge in [-0.3, -0.25) is 0 Å². The van der Waals surface area contributed by atoms with Crippen molar-refractivity contribution in [2.75, 3.05) is 33.0 Å². The molecule has 2 aliphatic heterocycles. The molecular formula is C17H25NO3. The van der Waals surface area contributed by atoms with Crippen molar-refractivity contribution in [3.8, 4) is 5.75 Å². The number of nitrogens with one attached hydrogen (secondary N) is 1. The van der Waals surface area contributed by atoms with E-state index in [4.69, 9.17) is 14.2 Å². The van der Waals surface area contributed by atoms with Crippen molar-refractivity contribution in [3.05, 3.63) is 30.3 Å². The highest BCUT2D eigenvalue weighted by atomic mass is 16.6. The van der Waals surface area contributed by atoms with Gasteiger partial charge < -0.3 is 19.5 Å². The van der Waals surface area contributed by atoms with E-state index in [9.17, 15) is 0 Å². The van der Waals surface area contributed by atoms with Crippen LogP contribution in [-0.2, 0) is 9.47 Å². The second-order valence-electron chi connectivity index (χ2n) is 5.99. The van der Waals surface area contributed by atoms with Gasteiger partial charge in [0.25, 0.3) is 0 Å². The average molecular weight is 291 g/mol. The third-order valence-corrected chi connectivity index (χ3v) is 4.33. The maximum Gasteiger partial charge on any atom is 0.119 e. The maximum absolute atomic E-state index is 5.95. The number of hydrogen-bond acceptors (Lipinski definition) is 4. The number of hydrogen-bond donors (Lipinski definition) is 1. The SMILES string of the molecule is c1ccc(OCCCNC2CCOC3(CCOC3)C2)cc1. The smallest absolute Gasteiger partial charge is 0.119 e. The Labute approximate surface area is 126 Å². The quantitative estimate of drug-likeness (QED) is 0.817. The van der Waals surface area contributed by atoms with Crippen LogP contribution in [0.2, 0.25) is 0 Å². The van der Waals surface area contributed by atoms with E-state index in [2.05, 4.69) is 5.32 Å². The molecule has 2 fully saturated rings. The Balaban J connectivity index is 1.32. The van der Waals surface area contributed by atoms with Crippen LogP contribution in [0.15, 0.2) is 30.3 Å². The van der Waals surface area contributed by atoms with Gasteiger partial charge in [-0.15, -0.1) is 0 Å². The minimum Gasteiger partial charge on any atom is -0.494 e. The molecule has 0 bridgehead atoms. The number of ether oxygens (including phenoxy) is 3. The second-order valence-corrected chi connectivity index (χ2v) is 5.99. The van der Waals surface area contributed by atoms with Gasteiger partial charge >= 0.3 is 0 Å². The third-order valence-electron chi connectivity index (χ3n) is 4.33. The molecule has 1 aromatic rings. The zero-order chi connectivity index (χ0) is 14.4. The Morgan fingerprint density at radius 2 is 2.14 bits per heavy atom. The number of para-hydroxylation sites is 1. The Morgan fingerprint density at radius 3 is 2.95 bits per heavy atom. The molecule has 3 rings (SSSR count). The highest BCUT2D eigenvalue weighted by Crippen LogP contribution is 2.32. The summed E-state index contributed by atoms with van der Waals surface area (Å²) < 4.78 is 17.2. The van der Waals surface area contributed by atoms with E-state index < -0.39 is 0 Å². The second kappa shape index (κ2) is 7.25. The van der Waals surface area contributed by atoms with Crippen molar-refractivity contribution in [1.82, 2.24) is 5.32 Å². The highest BCUT2D eigenvalue weighted by Gasteiger charge is 2.40. The Kier molecular flexibility index (Phi) is 5.12. The lowest BCUT2D eigenvalue weighted by Gasteiger charge is -2.37. The van der Waals surface area contributed by atoms with Crippen molar-refractivity contribution in [1.29, 1.82) is 0 Å². The Hall–Kier alpha value is -1.10. The molecule has 2 unspecified atom stereocenters. The molecule has 0 amide bonds. The predicted molar refractivity (Wildman–Crippen MR) is 81.7 cm³/mol. The molecule has 4 heteroatoms. The lowest BCUT2D eigenvalue weighted by atomic mass is 9.89. The molecule has 116 valence electrons. The van der Waals surface area contributed by atoms with Gasteiger partial charge in [0.2, 0.25) is 0 Å². The van der Waals surface area contributed by atoms with Crippen LogP contribution in [0.5, 0.6) is 5.75 Å². The van der Waals surface area contributed by atoms with Gasteiger partial charge in [-0.1, -0.05) is 18.2 Å². The summed E-state index contributed by atoms with van der Waals surface area (Å²) in [6, 6.07) is 10.5. The van der Waals surface area contributed by atoms with Crippen LogP contribution < -0.4 is 10.1 Å². The van der Waals surface area contributed by atoms with Crippen molar-refractivity contribution in [3.63, 3.8) is 0 Å². The van der Waals surface area contributed by atoms with Crippen molar-refractivity contribution >= 4 is 0 Å². The van der Waals surface area contributed by atoms with Crippen LogP contribution in [0.4, 0.5) is 0 Å². The molecule has 1 aromatic carbocycles. The normalized spacial score (nSPS) is 28.9. The van der Waals surface area contributed by atoms with Gasteiger partial charge in [0.15, 0.2) is 0 Å². The predicted octanol–water partition coefficient (Wildman–Crippen LogP) is 2.38. The van der Waals surface area contributed by atoms with E-state index in [1.807, 2.05) is 30.3 Å². The summed E-state index contributed by atoms with van der Waals surface area (Å²) in [6.07, 6.45) is 4.24. The lowest BCUT2D eigenvalue weighted by Crippen LogP contribution is -2.47. The first-order valence-corrected chi connectivity index (χ1v) is 7.99. The van der Waals surface area contributed by atoms with Crippen LogP contribution in [0.1, 0.15) is 25.7 Å². The molecule has 21 heavy (non-hydrogen) atoms. The van der Waals surface area contributed by atoms with Crippen LogP contribution in [0.25, 0.3) is 0 Å². The maximum atomic E-state index is 5.95. The summed E-state index contributed by atoms with van der Waals surface area (Å²) in [5, 5.41) is 3.64. The zero-order valence-corrected chi connectivity index (χ0v) is 12.6. The van der Waals surface area contributed by atoms with Crippen molar-refractivity contribution in [2.24, 2.45) is 0 Å². The Morgan fingerprint density at radius 1 is 1.24 bits per heavy atom. The number of benzene rings is 1. The van der Waals surface area contributed by atoms with E-state index in [-0.39, 0.29) is 5.60 Å². The molecule has 4 nitrogen and oxygen atoms in total. The van der Waals surface area contributed by atoms with Crippen LogP contribution in [0.3, 0.4) is 0 Å². The van der Waals surface area contributed by atoms with Gasteiger partial charge in [0, 0.05) is 25.7 Å². The fourth-order valence-electron chi connectivity index (χ4n) is 3.15. The monoisotopic (exact) mass is 291 g/mol. The highest BCUT2D eigenvalue weighted by molar-refractivity contribution is 5.20. The van der Waals surface area contributed by atoms with E-state index >= 15 is 0 Å². The first-order valence-electron chi connectivity index (χ1n) is 7.99. The van der Waals surface area contributed by atoms with Crippen LogP contribution in [-0.4, -0.2) is 44.6 Å². The van der Waals surface area contributed by atoms with Gasteiger partial charge in [-0.05, 0) is 37.9 Å². The van der Waals surface area contributed by atoms with Crippen LogP contribution in [0, 0.1) is 0 Å². The van der Waals surface area contributed by atoms with E-state index in [1.54, 1.807) is 0 Å². The van der Waals surface area contributed by atoms with Crippen molar-refractivity contribution < 1.29 is 14.2 Å². The van der Waals surface area contributed by atoms with Gasteiger partial charge in [0.05, 0.1) is 18.8 Å². The fraction of sp³-hybridized carbons (Fsp3) is 0.647. The standard InChI is InChI=1S/C17H25NO3/c1-2-5-16(6-3-1)20-10-4-9-18-15-7-11-21-17(13-15)8-12-19-14-17/h1-3,5-6,15,18H,4,7-14H2. The summed E-state index contributed by atoms with van der Waals surface area (Å²) in [5.74, 6) is 0.950. The largest absolute Gasteiger partial charge is 0.494 e. The van der Waals surface area contributed by atoms with E-state index in [0.717, 1.165) is 64.4 Å². The summed E-state index contributed by atoms with van der Waals surface area (Å²) in [5.41, 5.74) is -0.00352. The molecule has 2 saturated heterocycles. The minimum atomic E-state index is -0.00352. The molecule has 2 atom stereocenters. The van der Waals surface area contributed by atoms with Gasteiger partial charge in [-0.25, -0.2) is 0 Å². The Bertz CT molecular complexity index is 417. The van der Waals surface area contributed by atoms with Gasteiger partial charge in [-0.2, -0.15) is 0 Å². The summed E-state index contributed by atoms with van der Waals surface area (Å²) in [6.45, 7) is 4.21. The van der Waals surface area contributed by atoms with Gasteiger partial charge in [0.1, 0.15) is 5.75 Å². The van der Waals surface area contributed by atoms with Crippen LogP contribution >= 0.6 is 0 Å². The molecular weight excluding hydrogens is 266 g/mol. The average Bonchev–Trinajstić information content (AvgIpc) is 2.96. The summed E-state index contributed by atoms with van der Waals surface area (Å²) >= 11 is 0. The molecule has 0 aliphatic carbocycles.